The van der Waals surface area contributed by atoms with Crippen molar-refractivity contribution in [2.24, 2.45) is 0 Å². The fraction of sp³-hybridized carbons (Fsp3) is 0.167. The monoisotopic (exact) mass is 296 g/mol. The Morgan fingerprint density at radius 3 is 2.80 bits per heavy atom. The predicted octanol–water partition coefficient (Wildman–Crippen LogP) is 1.15. The number of halogens is 1. The lowest BCUT2D eigenvalue weighted by Crippen LogP contribution is -2.29. The zero-order valence-corrected chi connectivity index (χ0v) is 10.8. The molecular formula is C12H9ClN2O5. The second kappa shape index (κ2) is 7.11. The molecule has 1 aromatic carbocycles. The second-order valence-electron chi connectivity index (χ2n) is 3.48. The van der Waals surface area contributed by atoms with Crippen molar-refractivity contribution in [2.75, 3.05) is 13.2 Å². The van der Waals surface area contributed by atoms with Gasteiger partial charge in [-0.25, -0.2) is 4.79 Å². The van der Waals surface area contributed by atoms with Gasteiger partial charge in [0, 0.05) is 11.1 Å². The van der Waals surface area contributed by atoms with Gasteiger partial charge in [0.05, 0.1) is 11.5 Å². The van der Waals surface area contributed by atoms with Crippen molar-refractivity contribution in [2.45, 2.75) is 0 Å². The molecule has 1 rings (SSSR count). The van der Waals surface area contributed by atoms with Gasteiger partial charge in [0.25, 0.3) is 11.6 Å². The summed E-state index contributed by atoms with van der Waals surface area (Å²) in [4.78, 5) is 32.9. The standard InChI is InChI=1S/C12H9ClN2O5/c1-2-5-14-11(16)7-20-12(17)9-6-8(13)3-4-10(9)15(18)19/h1,3-4,6H,5,7H2,(H,14,16). The highest BCUT2D eigenvalue weighted by molar-refractivity contribution is 6.31. The van der Waals surface area contributed by atoms with Gasteiger partial charge in [0.15, 0.2) is 6.61 Å². The number of carbonyl (C=O) groups is 2. The van der Waals surface area contributed by atoms with Crippen molar-refractivity contribution in [3.8, 4) is 12.3 Å². The molecule has 0 aliphatic carbocycles. The molecule has 0 saturated heterocycles. The second-order valence-corrected chi connectivity index (χ2v) is 3.91. The topological polar surface area (TPSA) is 98.5 Å². The number of carbonyl (C=O) groups excluding carboxylic acids is 2. The maximum absolute atomic E-state index is 11.7. The molecule has 0 unspecified atom stereocenters. The molecule has 0 bridgehead atoms. The Morgan fingerprint density at radius 1 is 1.50 bits per heavy atom. The smallest absolute Gasteiger partial charge is 0.345 e. The van der Waals surface area contributed by atoms with E-state index in [9.17, 15) is 19.7 Å². The summed E-state index contributed by atoms with van der Waals surface area (Å²) >= 11 is 5.66. The lowest BCUT2D eigenvalue weighted by molar-refractivity contribution is -0.385. The molecule has 7 nitrogen and oxygen atoms in total. The van der Waals surface area contributed by atoms with Crippen LogP contribution in [-0.2, 0) is 9.53 Å². The average Bonchev–Trinajstić information content (AvgIpc) is 2.41. The number of nitro groups is 1. The van der Waals surface area contributed by atoms with Crippen LogP contribution < -0.4 is 5.32 Å². The van der Waals surface area contributed by atoms with Crippen molar-refractivity contribution in [3.05, 3.63) is 38.9 Å². The molecule has 1 amide bonds. The molecule has 0 aromatic heterocycles. The van der Waals surface area contributed by atoms with Crippen LogP contribution in [0.1, 0.15) is 10.4 Å². The molecule has 8 heteroatoms. The third-order valence-electron chi connectivity index (χ3n) is 2.10. The fourth-order valence-electron chi connectivity index (χ4n) is 1.24. The first-order valence-electron chi connectivity index (χ1n) is 5.27. The third-order valence-corrected chi connectivity index (χ3v) is 2.33. The van der Waals surface area contributed by atoms with E-state index < -0.39 is 29.1 Å². The van der Waals surface area contributed by atoms with Gasteiger partial charge in [-0.1, -0.05) is 17.5 Å². The molecule has 0 saturated carbocycles. The Kier molecular flexibility index (Phi) is 5.50. The highest BCUT2D eigenvalue weighted by atomic mass is 35.5. The zero-order chi connectivity index (χ0) is 15.1. The van der Waals surface area contributed by atoms with Crippen LogP contribution in [0.25, 0.3) is 0 Å². The number of nitrogens with one attached hydrogen (secondary N) is 1. The van der Waals surface area contributed by atoms with Gasteiger partial charge in [-0.3, -0.25) is 14.9 Å². The summed E-state index contributed by atoms with van der Waals surface area (Å²) < 4.78 is 4.65. The van der Waals surface area contributed by atoms with Crippen LogP contribution in [0.3, 0.4) is 0 Å². The summed E-state index contributed by atoms with van der Waals surface area (Å²) in [6, 6.07) is 3.45. The zero-order valence-electron chi connectivity index (χ0n) is 10.1. The maximum Gasteiger partial charge on any atom is 0.345 e. The number of ether oxygens (including phenoxy) is 1. The van der Waals surface area contributed by atoms with E-state index in [1.54, 1.807) is 0 Å². The predicted molar refractivity (Wildman–Crippen MR) is 70.2 cm³/mol. The van der Waals surface area contributed by atoms with Crippen LogP contribution >= 0.6 is 11.6 Å². The average molecular weight is 297 g/mol. The first kappa shape index (κ1) is 15.5. The van der Waals surface area contributed by atoms with E-state index in [1.807, 2.05) is 0 Å². The molecule has 0 radical (unpaired) electrons. The number of hydrogen-bond donors (Lipinski definition) is 1. The maximum atomic E-state index is 11.7. The first-order chi connectivity index (χ1) is 9.45. The summed E-state index contributed by atoms with van der Waals surface area (Å²) in [6.45, 7) is -0.599. The van der Waals surface area contributed by atoms with E-state index in [0.29, 0.717) is 0 Å². The Bertz CT molecular complexity index is 594. The van der Waals surface area contributed by atoms with Gasteiger partial charge in [-0.2, -0.15) is 0 Å². The summed E-state index contributed by atoms with van der Waals surface area (Å²) in [5, 5.41) is 13.2. The van der Waals surface area contributed by atoms with Crippen molar-refractivity contribution in [1.29, 1.82) is 0 Å². The van der Waals surface area contributed by atoms with Crippen LogP contribution in [0.2, 0.25) is 5.02 Å². The summed E-state index contributed by atoms with van der Waals surface area (Å²) in [7, 11) is 0. The first-order valence-corrected chi connectivity index (χ1v) is 5.64. The van der Waals surface area contributed by atoms with Crippen molar-refractivity contribution in [3.63, 3.8) is 0 Å². The van der Waals surface area contributed by atoms with E-state index in [0.717, 1.165) is 12.1 Å². The lowest BCUT2D eigenvalue weighted by atomic mass is 10.2. The van der Waals surface area contributed by atoms with E-state index in [4.69, 9.17) is 18.0 Å². The van der Waals surface area contributed by atoms with Crippen LogP contribution in [-0.4, -0.2) is 30.0 Å². The molecule has 0 atom stereocenters. The van der Waals surface area contributed by atoms with Gasteiger partial charge in [-0.05, 0) is 12.1 Å². The Balaban J connectivity index is 2.77. The molecular weight excluding hydrogens is 288 g/mol. The molecule has 0 spiro atoms. The van der Waals surface area contributed by atoms with Crippen LogP contribution in [0.15, 0.2) is 18.2 Å². The van der Waals surface area contributed by atoms with Gasteiger partial charge in [-0.15, -0.1) is 6.42 Å². The third kappa shape index (κ3) is 4.26. The van der Waals surface area contributed by atoms with Crippen molar-refractivity contribution < 1.29 is 19.2 Å². The van der Waals surface area contributed by atoms with Crippen molar-refractivity contribution >= 4 is 29.2 Å². The summed E-state index contributed by atoms with van der Waals surface area (Å²) in [6.07, 6.45) is 4.93. The molecule has 1 N–H and O–H groups in total. The van der Waals surface area contributed by atoms with Crippen LogP contribution in [0, 0.1) is 22.5 Å². The molecule has 104 valence electrons. The number of hydrogen-bond acceptors (Lipinski definition) is 5. The number of nitrogens with zero attached hydrogens (tertiary/aromatic N) is 1. The fourth-order valence-corrected chi connectivity index (χ4v) is 1.41. The Morgan fingerprint density at radius 2 is 2.20 bits per heavy atom. The molecule has 1 aromatic rings. The van der Waals surface area contributed by atoms with Crippen LogP contribution in [0.5, 0.6) is 0 Å². The van der Waals surface area contributed by atoms with Crippen molar-refractivity contribution in [1.82, 2.24) is 5.32 Å². The number of esters is 1. The number of amides is 1. The van der Waals surface area contributed by atoms with E-state index >= 15 is 0 Å². The Hall–Kier alpha value is -2.59. The highest BCUT2D eigenvalue weighted by Crippen LogP contribution is 2.23. The van der Waals surface area contributed by atoms with Gasteiger partial charge in [0.1, 0.15) is 5.56 Å². The molecule has 0 fully saturated rings. The number of rotatable bonds is 5. The van der Waals surface area contributed by atoms with Gasteiger partial charge >= 0.3 is 5.97 Å². The Labute approximate surface area is 119 Å². The number of terminal acetylenes is 1. The number of benzene rings is 1. The largest absolute Gasteiger partial charge is 0.452 e. The quantitative estimate of drug-likeness (QED) is 0.380. The van der Waals surface area contributed by atoms with Crippen LogP contribution in [0.4, 0.5) is 5.69 Å². The van der Waals surface area contributed by atoms with E-state index in [2.05, 4.69) is 16.0 Å². The summed E-state index contributed by atoms with van der Waals surface area (Å²) in [5.41, 5.74) is -0.782. The minimum absolute atomic E-state index is 0.00625. The van der Waals surface area contributed by atoms with E-state index in [-0.39, 0.29) is 17.1 Å². The number of nitro benzene ring substituents is 1. The molecule has 0 heterocycles. The van der Waals surface area contributed by atoms with E-state index in [1.165, 1.54) is 6.07 Å². The minimum atomic E-state index is -1.02. The minimum Gasteiger partial charge on any atom is -0.452 e. The lowest BCUT2D eigenvalue weighted by Gasteiger charge is -2.05. The highest BCUT2D eigenvalue weighted by Gasteiger charge is 2.22. The summed E-state index contributed by atoms with van der Waals surface area (Å²) in [5.74, 6) is 0.542. The SMILES string of the molecule is C#CCNC(=O)COC(=O)c1cc(Cl)ccc1[N+](=O)[O-]. The normalized spacial score (nSPS) is 9.40. The van der Waals surface area contributed by atoms with Gasteiger partial charge < -0.3 is 10.1 Å². The molecule has 0 aliphatic heterocycles. The van der Waals surface area contributed by atoms with Gasteiger partial charge in [0.2, 0.25) is 0 Å². The molecule has 20 heavy (non-hydrogen) atoms. The molecule has 0 aliphatic rings.